The Hall–Kier alpha value is -2.69. The van der Waals surface area contributed by atoms with Crippen LogP contribution in [0.5, 0.6) is 17.2 Å². The summed E-state index contributed by atoms with van der Waals surface area (Å²) in [4.78, 5) is 12.4. The van der Waals surface area contributed by atoms with E-state index in [4.69, 9.17) is 14.2 Å². The molecular weight excluding hydrogens is 282 g/mol. The lowest BCUT2D eigenvalue weighted by Gasteiger charge is -2.11. The van der Waals surface area contributed by atoms with Crippen molar-refractivity contribution in [1.29, 1.82) is 0 Å². The zero-order valence-electron chi connectivity index (χ0n) is 12.3. The summed E-state index contributed by atoms with van der Waals surface area (Å²) in [7, 11) is 1.57. The average Bonchev–Trinajstić information content (AvgIpc) is 2.79. The SMILES string of the molecule is COc1ccccc1NC(=O)c1ccc2c(c1)OCCCO2. The molecule has 0 atom stereocenters. The lowest BCUT2D eigenvalue weighted by molar-refractivity contribution is 0.102. The number of carbonyl (C=O) groups is 1. The van der Waals surface area contributed by atoms with Gasteiger partial charge in [-0.25, -0.2) is 0 Å². The molecule has 1 heterocycles. The molecule has 2 aromatic rings. The molecular formula is C17H17NO4. The monoisotopic (exact) mass is 299 g/mol. The molecule has 0 radical (unpaired) electrons. The molecule has 1 aliphatic heterocycles. The molecule has 0 fully saturated rings. The maximum absolute atomic E-state index is 12.4. The van der Waals surface area contributed by atoms with Gasteiger partial charge in [-0.3, -0.25) is 4.79 Å². The maximum Gasteiger partial charge on any atom is 0.255 e. The third kappa shape index (κ3) is 2.98. The van der Waals surface area contributed by atoms with Crippen LogP contribution in [0.2, 0.25) is 0 Å². The van der Waals surface area contributed by atoms with E-state index in [2.05, 4.69) is 5.32 Å². The predicted octanol–water partition coefficient (Wildman–Crippen LogP) is 3.11. The van der Waals surface area contributed by atoms with Crippen LogP contribution in [-0.4, -0.2) is 26.2 Å². The summed E-state index contributed by atoms with van der Waals surface area (Å²) in [6, 6.07) is 12.5. The average molecular weight is 299 g/mol. The van der Waals surface area contributed by atoms with Crippen LogP contribution in [0.4, 0.5) is 5.69 Å². The molecule has 1 amide bonds. The number of ether oxygens (including phenoxy) is 3. The lowest BCUT2D eigenvalue weighted by atomic mass is 10.1. The van der Waals surface area contributed by atoms with E-state index in [0.29, 0.717) is 41.7 Å². The van der Waals surface area contributed by atoms with Crippen LogP contribution >= 0.6 is 0 Å². The molecule has 0 aliphatic carbocycles. The molecule has 114 valence electrons. The van der Waals surface area contributed by atoms with Gasteiger partial charge in [0.25, 0.3) is 5.91 Å². The Kier molecular flexibility index (Phi) is 4.14. The number of anilines is 1. The van der Waals surface area contributed by atoms with Gasteiger partial charge >= 0.3 is 0 Å². The van der Waals surface area contributed by atoms with E-state index in [9.17, 15) is 4.79 Å². The highest BCUT2D eigenvalue weighted by atomic mass is 16.5. The van der Waals surface area contributed by atoms with Crippen molar-refractivity contribution in [1.82, 2.24) is 0 Å². The molecule has 0 spiro atoms. The number of fused-ring (bicyclic) bond motifs is 1. The van der Waals surface area contributed by atoms with Gasteiger partial charge < -0.3 is 19.5 Å². The fraction of sp³-hybridized carbons (Fsp3) is 0.235. The molecule has 0 saturated heterocycles. The Labute approximate surface area is 128 Å². The molecule has 1 aliphatic rings. The number of hydrogen-bond acceptors (Lipinski definition) is 4. The molecule has 22 heavy (non-hydrogen) atoms. The number of benzene rings is 2. The second-order valence-corrected chi connectivity index (χ2v) is 4.87. The third-order valence-corrected chi connectivity index (χ3v) is 3.36. The summed E-state index contributed by atoms with van der Waals surface area (Å²) >= 11 is 0. The first-order valence-electron chi connectivity index (χ1n) is 7.12. The van der Waals surface area contributed by atoms with Crippen molar-refractivity contribution in [3.63, 3.8) is 0 Å². The van der Waals surface area contributed by atoms with Gasteiger partial charge in [0.2, 0.25) is 0 Å². The van der Waals surface area contributed by atoms with Crippen molar-refractivity contribution in [2.24, 2.45) is 0 Å². The summed E-state index contributed by atoms with van der Waals surface area (Å²) in [5.41, 5.74) is 1.14. The van der Waals surface area contributed by atoms with Gasteiger partial charge in [-0.05, 0) is 30.3 Å². The Bertz CT molecular complexity index is 684. The second-order valence-electron chi connectivity index (χ2n) is 4.87. The number of para-hydroxylation sites is 2. The summed E-state index contributed by atoms with van der Waals surface area (Å²) in [6.07, 6.45) is 0.831. The zero-order chi connectivity index (χ0) is 15.4. The highest BCUT2D eigenvalue weighted by molar-refractivity contribution is 6.05. The zero-order valence-corrected chi connectivity index (χ0v) is 12.3. The van der Waals surface area contributed by atoms with E-state index < -0.39 is 0 Å². The van der Waals surface area contributed by atoms with Crippen molar-refractivity contribution in [3.05, 3.63) is 48.0 Å². The van der Waals surface area contributed by atoms with Crippen LogP contribution in [0.1, 0.15) is 16.8 Å². The van der Waals surface area contributed by atoms with Gasteiger partial charge in [-0.15, -0.1) is 0 Å². The number of rotatable bonds is 3. The number of methoxy groups -OCH3 is 1. The van der Waals surface area contributed by atoms with Crippen molar-refractivity contribution < 1.29 is 19.0 Å². The fourth-order valence-electron chi connectivity index (χ4n) is 2.25. The van der Waals surface area contributed by atoms with Gasteiger partial charge in [0.1, 0.15) is 5.75 Å². The standard InChI is InChI=1S/C17H17NO4/c1-20-14-6-3-2-5-13(14)18-17(19)12-7-8-15-16(11-12)22-10-4-9-21-15/h2-3,5-8,11H,4,9-10H2,1H3,(H,18,19). The molecule has 3 rings (SSSR count). The largest absolute Gasteiger partial charge is 0.495 e. The van der Waals surface area contributed by atoms with Crippen molar-refractivity contribution in [3.8, 4) is 17.2 Å². The topological polar surface area (TPSA) is 56.8 Å². The number of nitrogens with one attached hydrogen (secondary N) is 1. The molecule has 0 unspecified atom stereocenters. The van der Waals surface area contributed by atoms with Crippen LogP contribution < -0.4 is 19.5 Å². The van der Waals surface area contributed by atoms with Gasteiger partial charge in [-0.2, -0.15) is 0 Å². The molecule has 0 bridgehead atoms. The molecule has 5 heteroatoms. The quantitative estimate of drug-likeness (QED) is 0.946. The smallest absolute Gasteiger partial charge is 0.255 e. The van der Waals surface area contributed by atoms with E-state index in [1.54, 1.807) is 37.4 Å². The normalized spacial score (nSPS) is 13.1. The van der Waals surface area contributed by atoms with Gasteiger partial charge in [0.15, 0.2) is 11.5 Å². The minimum absolute atomic E-state index is 0.222. The van der Waals surface area contributed by atoms with Crippen molar-refractivity contribution >= 4 is 11.6 Å². The van der Waals surface area contributed by atoms with Crippen LogP contribution in [0.3, 0.4) is 0 Å². The highest BCUT2D eigenvalue weighted by Gasteiger charge is 2.15. The van der Waals surface area contributed by atoms with Gasteiger partial charge in [0.05, 0.1) is 26.0 Å². The van der Waals surface area contributed by atoms with Crippen LogP contribution in [0, 0.1) is 0 Å². The van der Waals surface area contributed by atoms with E-state index in [1.165, 1.54) is 0 Å². The van der Waals surface area contributed by atoms with Gasteiger partial charge in [0, 0.05) is 12.0 Å². The third-order valence-electron chi connectivity index (χ3n) is 3.36. The minimum Gasteiger partial charge on any atom is -0.495 e. The molecule has 0 aromatic heterocycles. The van der Waals surface area contributed by atoms with Crippen LogP contribution in [0.15, 0.2) is 42.5 Å². The predicted molar refractivity (Wildman–Crippen MR) is 83.0 cm³/mol. The van der Waals surface area contributed by atoms with E-state index in [-0.39, 0.29) is 5.91 Å². The van der Waals surface area contributed by atoms with E-state index in [0.717, 1.165) is 6.42 Å². The van der Waals surface area contributed by atoms with Crippen molar-refractivity contribution in [2.45, 2.75) is 6.42 Å². The Morgan fingerprint density at radius 1 is 1.09 bits per heavy atom. The fourth-order valence-corrected chi connectivity index (χ4v) is 2.25. The Balaban J connectivity index is 1.82. The first-order valence-corrected chi connectivity index (χ1v) is 7.12. The van der Waals surface area contributed by atoms with E-state index >= 15 is 0 Å². The Morgan fingerprint density at radius 2 is 1.86 bits per heavy atom. The van der Waals surface area contributed by atoms with Crippen molar-refractivity contribution in [2.75, 3.05) is 25.6 Å². The molecule has 5 nitrogen and oxygen atoms in total. The van der Waals surface area contributed by atoms with Crippen LogP contribution in [0.25, 0.3) is 0 Å². The summed E-state index contributed by atoms with van der Waals surface area (Å²) in [5, 5.41) is 2.84. The number of amides is 1. The first-order chi connectivity index (χ1) is 10.8. The number of carbonyl (C=O) groups excluding carboxylic acids is 1. The highest BCUT2D eigenvalue weighted by Crippen LogP contribution is 2.31. The lowest BCUT2D eigenvalue weighted by Crippen LogP contribution is -2.12. The first kappa shape index (κ1) is 14.3. The molecule has 1 N–H and O–H groups in total. The molecule has 0 saturated carbocycles. The van der Waals surface area contributed by atoms with Gasteiger partial charge in [-0.1, -0.05) is 12.1 Å². The summed E-state index contributed by atoms with van der Waals surface area (Å²) in [6.45, 7) is 1.21. The summed E-state index contributed by atoms with van der Waals surface area (Å²) < 4.78 is 16.4. The maximum atomic E-state index is 12.4. The number of hydrogen-bond donors (Lipinski definition) is 1. The summed E-state index contributed by atoms with van der Waals surface area (Å²) in [5.74, 6) is 1.67. The Morgan fingerprint density at radius 3 is 2.68 bits per heavy atom. The second kappa shape index (κ2) is 6.39. The molecule has 2 aromatic carbocycles. The van der Waals surface area contributed by atoms with E-state index in [1.807, 2.05) is 12.1 Å². The van der Waals surface area contributed by atoms with Crippen LogP contribution in [-0.2, 0) is 0 Å². The minimum atomic E-state index is -0.222.